The highest BCUT2D eigenvalue weighted by atomic mass is 32.2. The Morgan fingerprint density at radius 2 is 2.00 bits per heavy atom. The van der Waals surface area contributed by atoms with Gasteiger partial charge in [0.05, 0.1) is 0 Å². The minimum Gasteiger partial charge on any atom is -0.508 e. The molecule has 1 aromatic rings. The summed E-state index contributed by atoms with van der Waals surface area (Å²) in [5.74, 6) is 0.706. The number of hydrogen-bond donors (Lipinski definition) is 1. The third kappa shape index (κ3) is 3.13. The number of hydrogen-bond acceptors (Lipinski definition) is 2. The summed E-state index contributed by atoms with van der Waals surface area (Å²) >= 11 is 1.45. The first-order valence-corrected chi connectivity index (χ1v) is 4.73. The molecule has 0 radical (unpaired) electrons. The van der Waals surface area contributed by atoms with Gasteiger partial charge in [0.25, 0.3) is 0 Å². The predicted molar refractivity (Wildman–Crippen MR) is 49.4 cm³/mol. The number of halogens is 1. The molecule has 1 atom stereocenters. The number of phenolic OH excluding ortho intramolecular Hbond substituents is 1. The van der Waals surface area contributed by atoms with E-state index < -0.39 is 6.17 Å². The molecule has 0 aliphatic carbocycles. The molecule has 1 unspecified atom stereocenters. The largest absolute Gasteiger partial charge is 0.508 e. The lowest BCUT2D eigenvalue weighted by molar-refractivity contribution is 0.398. The Morgan fingerprint density at radius 1 is 1.42 bits per heavy atom. The first-order valence-electron chi connectivity index (χ1n) is 3.74. The first-order chi connectivity index (χ1) is 5.68. The van der Waals surface area contributed by atoms with Gasteiger partial charge in [-0.2, -0.15) is 0 Å². The number of thioether (sulfide) groups is 1. The fraction of sp³-hybridized carbons (Fsp3) is 0.333. The molecule has 0 heterocycles. The van der Waals surface area contributed by atoms with E-state index in [-0.39, 0.29) is 5.75 Å². The Kier molecular flexibility index (Phi) is 3.41. The number of aromatic hydroxyl groups is 1. The first kappa shape index (κ1) is 9.39. The molecule has 12 heavy (non-hydrogen) atoms. The maximum atomic E-state index is 12.4. The van der Waals surface area contributed by atoms with E-state index in [1.54, 1.807) is 24.3 Å². The van der Waals surface area contributed by atoms with Gasteiger partial charge in [-0.25, -0.2) is 4.39 Å². The third-order valence-corrected chi connectivity index (χ3v) is 2.55. The standard InChI is InChI=1S/C9H11FOS/c1-7(10)6-12-9-4-2-8(11)3-5-9/h2-5,7,11H,6H2,1H3. The molecule has 1 rings (SSSR count). The highest BCUT2D eigenvalue weighted by Crippen LogP contribution is 2.21. The summed E-state index contributed by atoms with van der Waals surface area (Å²) in [7, 11) is 0. The minimum atomic E-state index is -0.788. The Hall–Kier alpha value is -0.700. The lowest BCUT2D eigenvalue weighted by Gasteiger charge is -2.01. The Bertz CT molecular complexity index is 233. The molecule has 0 saturated heterocycles. The van der Waals surface area contributed by atoms with E-state index in [0.717, 1.165) is 4.90 Å². The molecule has 66 valence electrons. The highest BCUT2D eigenvalue weighted by molar-refractivity contribution is 7.99. The van der Waals surface area contributed by atoms with Gasteiger partial charge < -0.3 is 5.11 Å². The summed E-state index contributed by atoms with van der Waals surface area (Å²) in [6.45, 7) is 1.54. The van der Waals surface area contributed by atoms with Gasteiger partial charge >= 0.3 is 0 Å². The second-order valence-corrected chi connectivity index (χ2v) is 3.68. The average molecular weight is 186 g/mol. The lowest BCUT2D eigenvalue weighted by Crippen LogP contribution is -1.94. The average Bonchev–Trinajstić information content (AvgIpc) is 2.03. The Morgan fingerprint density at radius 3 is 2.50 bits per heavy atom. The van der Waals surface area contributed by atoms with Crippen molar-refractivity contribution in [3.05, 3.63) is 24.3 Å². The van der Waals surface area contributed by atoms with E-state index in [9.17, 15) is 4.39 Å². The fourth-order valence-electron chi connectivity index (χ4n) is 0.753. The van der Waals surface area contributed by atoms with Crippen LogP contribution in [-0.4, -0.2) is 17.0 Å². The summed E-state index contributed by atoms with van der Waals surface area (Å²) in [5, 5.41) is 8.95. The SMILES string of the molecule is CC(F)CSc1ccc(O)cc1. The van der Waals surface area contributed by atoms with Crippen molar-refractivity contribution < 1.29 is 9.50 Å². The van der Waals surface area contributed by atoms with E-state index in [2.05, 4.69) is 0 Å². The summed E-state index contributed by atoms with van der Waals surface area (Å²) < 4.78 is 12.4. The van der Waals surface area contributed by atoms with Crippen LogP contribution in [0.4, 0.5) is 4.39 Å². The third-order valence-electron chi connectivity index (χ3n) is 1.32. The van der Waals surface area contributed by atoms with Crippen LogP contribution in [0.5, 0.6) is 5.75 Å². The zero-order chi connectivity index (χ0) is 8.97. The molecule has 0 saturated carbocycles. The number of phenols is 1. The molecule has 0 amide bonds. The Balaban J connectivity index is 2.48. The van der Waals surface area contributed by atoms with Crippen molar-refractivity contribution in [1.82, 2.24) is 0 Å². The van der Waals surface area contributed by atoms with Gasteiger partial charge in [-0.3, -0.25) is 0 Å². The van der Waals surface area contributed by atoms with Gasteiger partial charge in [-0.1, -0.05) is 0 Å². The molecule has 1 aromatic carbocycles. The van der Waals surface area contributed by atoms with E-state index in [1.807, 2.05) is 0 Å². The van der Waals surface area contributed by atoms with Crippen LogP contribution in [0.1, 0.15) is 6.92 Å². The van der Waals surface area contributed by atoms with E-state index in [0.29, 0.717) is 5.75 Å². The quantitative estimate of drug-likeness (QED) is 0.732. The molecule has 0 fully saturated rings. The molecule has 3 heteroatoms. The number of alkyl halides is 1. The summed E-state index contributed by atoms with van der Waals surface area (Å²) in [4.78, 5) is 0.984. The van der Waals surface area contributed by atoms with E-state index in [1.165, 1.54) is 18.7 Å². The fourth-order valence-corrected chi connectivity index (χ4v) is 1.50. The molecule has 1 nitrogen and oxygen atoms in total. The van der Waals surface area contributed by atoms with Crippen LogP contribution in [0.2, 0.25) is 0 Å². The molecular weight excluding hydrogens is 175 g/mol. The molecule has 1 N–H and O–H groups in total. The predicted octanol–water partition coefficient (Wildman–Crippen LogP) is 2.84. The molecular formula is C9H11FOS. The second kappa shape index (κ2) is 4.36. The van der Waals surface area contributed by atoms with Crippen LogP contribution in [0, 0.1) is 0 Å². The minimum absolute atomic E-state index is 0.243. The van der Waals surface area contributed by atoms with Gasteiger partial charge in [-0.15, -0.1) is 11.8 Å². The van der Waals surface area contributed by atoms with Crippen molar-refractivity contribution in [3.63, 3.8) is 0 Å². The van der Waals surface area contributed by atoms with Crippen molar-refractivity contribution in [2.45, 2.75) is 18.0 Å². The van der Waals surface area contributed by atoms with Crippen molar-refractivity contribution in [2.75, 3.05) is 5.75 Å². The van der Waals surface area contributed by atoms with Crippen molar-refractivity contribution in [1.29, 1.82) is 0 Å². The monoisotopic (exact) mass is 186 g/mol. The zero-order valence-electron chi connectivity index (χ0n) is 6.83. The van der Waals surface area contributed by atoms with Crippen LogP contribution in [0.3, 0.4) is 0 Å². The number of benzene rings is 1. The van der Waals surface area contributed by atoms with Gasteiger partial charge in [0.15, 0.2) is 0 Å². The number of rotatable bonds is 3. The summed E-state index contributed by atoms with van der Waals surface area (Å²) in [6.07, 6.45) is -0.788. The van der Waals surface area contributed by atoms with Crippen LogP contribution in [-0.2, 0) is 0 Å². The Labute approximate surface area is 75.6 Å². The van der Waals surface area contributed by atoms with Gasteiger partial charge in [-0.05, 0) is 31.2 Å². The maximum Gasteiger partial charge on any atom is 0.115 e. The van der Waals surface area contributed by atoms with E-state index in [4.69, 9.17) is 5.11 Å². The molecule has 0 aromatic heterocycles. The molecule has 0 spiro atoms. The van der Waals surface area contributed by atoms with Gasteiger partial charge in [0.1, 0.15) is 11.9 Å². The smallest absolute Gasteiger partial charge is 0.115 e. The van der Waals surface area contributed by atoms with E-state index >= 15 is 0 Å². The van der Waals surface area contributed by atoms with Crippen LogP contribution in [0.15, 0.2) is 29.2 Å². The molecule has 0 aliphatic heterocycles. The van der Waals surface area contributed by atoms with Gasteiger partial charge in [0, 0.05) is 10.6 Å². The second-order valence-electron chi connectivity index (χ2n) is 2.59. The van der Waals surface area contributed by atoms with Crippen LogP contribution >= 0.6 is 11.8 Å². The lowest BCUT2D eigenvalue weighted by atomic mass is 10.3. The highest BCUT2D eigenvalue weighted by Gasteiger charge is 1.99. The molecule has 0 bridgehead atoms. The van der Waals surface area contributed by atoms with Crippen molar-refractivity contribution in [3.8, 4) is 5.75 Å². The van der Waals surface area contributed by atoms with Crippen LogP contribution in [0.25, 0.3) is 0 Å². The maximum absolute atomic E-state index is 12.4. The van der Waals surface area contributed by atoms with Crippen LogP contribution < -0.4 is 0 Å². The summed E-state index contributed by atoms with van der Waals surface area (Å²) in [5.41, 5.74) is 0. The van der Waals surface area contributed by atoms with Crippen molar-refractivity contribution in [2.24, 2.45) is 0 Å². The zero-order valence-corrected chi connectivity index (χ0v) is 7.64. The van der Waals surface area contributed by atoms with Crippen molar-refractivity contribution >= 4 is 11.8 Å². The normalized spacial score (nSPS) is 12.8. The molecule has 0 aliphatic rings. The summed E-state index contributed by atoms with van der Waals surface area (Å²) in [6, 6.07) is 6.77. The topological polar surface area (TPSA) is 20.2 Å². The van der Waals surface area contributed by atoms with Gasteiger partial charge in [0.2, 0.25) is 0 Å².